The van der Waals surface area contributed by atoms with Gasteiger partial charge in [0.2, 0.25) is 0 Å². The molecule has 0 bridgehead atoms. The molecule has 102 valence electrons. The van der Waals surface area contributed by atoms with Gasteiger partial charge < -0.3 is 0 Å². The number of hydrogen-bond donors (Lipinski definition) is 1. The van der Waals surface area contributed by atoms with E-state index < -0.39 is 5.66 Å². The van der Waals surface area contributed by atoms with Crippen molar-refractivity contribution in [2.24, 2.45) is 5.92 Å². The molecule has 0 aromatic rings. The molecule has 1 heterocycles. The Labute approximate surface area is 109 Å². The molecular formula is C14H26N2O2+2. The van der Waals surface area contributed by atoms with Gasteiger partial charge in [-0.05, 0) is 32.6 Å². The quantitative estimate of drug-likeness (QED) is 0.442. The number of rotatable bonds is 1. The Balaban J connectivity index is 2.57. The molecule has 4 heteroatoms. The lowest BCUT2D eigenvalue weighted by molar-refractivity contribution is -1.05. The third-order valence-electron chi connectivity index (χ3n) is 5.29. The van der Waals surface area contributed by atoms with Crippen LogP contribution in [0.25, 0.3) is 0 Å². The number of hydrogen-bond acceptors (Lipinski definition) is 2. The SMILES string of the molecule is CC1=[N+](O)C2(CCCC(C)C2)[N+](C)(C(C)C)C1=O. The second-order valence-corrected chi connectivity index (χ2v) is 6.56. The maximum atomic E-state index is 12.6. The summed E-state index contributed by atoms with van der Waals surface area (Å²) in [6, 6.07) is 0.176. The standard InChI is InChI=1S/C14H26N2O2/c1-10(2)16(5)13(17)12(4)15(18)14(16)8-6-7-11(3)9-14/h10-11,18H,6-9H2,1-5H3/q+2. The second-order valence-electron chi connectivity index (χ2n) is 6.56. The maximum absolute atomic E-state index is 12.6. The van der Waals surface area contributed by atoms with Gasteiger partial charge in [0.15, 0.2) is 0 Å². The molecular weight excluding hydrogens is 228 g/mol. The summed E-state index contributed by atoms with van der Waals surface area (Å²) in [6.45, 7) is 8.11. The summed E-state index contributed by atoms with van der Waals surface area (Å²) >= 11 is 0. The van der Waals surface area contributed by atoms with Gasteiger partial charge in [-0.3, -0.25) is 5.21 Å². The van der Waals surface area contributed by atoms with Crippen molar-refractivity contribution in [2.45, 2.75) is 65.1 Å². The third kappa shape index (κ3) is 1.41. The molecule has 0 aromatic carbocycles. The van der Waals surface area contributed by atoms with E-state index in [1.54, 1.807) is 6.92 Å². The van der Waals surface area contributed by atoms with Crippen LogP contribution in [-0.4, -0.2) is 44.8 Å². The van der Waals surface area contributed by atoms with Gasteiger partial charge in [-0.1, -0.05) is 6.92 Å². The fraction of sp³-hybridized carbons (Fsp3) is 0.857. The average molecular weight is 254 g/mol. The Bertz CT molecular complexity index is 416. The number of quaternary nitrogens is 1. The van der Waals surface area contributed by atoms with Crippen LogP contribution in [0.2, 0.25) is 0 Å². The van der Waals surface area contributed by atoms with E-state index in [9.17, 15) is 10.0 Å². The molecule has 0 aromatic heterocycles. The summed E-state index contributed by atoms with van der Waals surface area (Å²) in [5.74, 6) is 0.630. The number of carbonyl (C=O) groups excluding carboxylic acids is 1. The lowest BCUT2D eigenvalue weighted by atomic mass is 9.80. The minimum Gasteiger partial charge on any atom is -0.284 e. The van der Waals surface area contributed by atoms with E-state index in [4.69, 9.17) is 0 Å². The van der Waals surface area contributed by atoms with Gasteiger partial charge in [-0.2, -0.15) is 4.48 Å². The zero-order valence-corrected chi connectivity index (χ0v) is 12.2. The van der Waals surface area contributed by atoms with Crippen LogP contribution in [0.3, 0.4) is 0 Å². The number of amides is 1. The van der Waals surface area contributed by atoms with E-state index in [2.05, 4.69) is 20.8 Å². The van der Waals surface area contributed by atoms with Gasteiger partial charge in [0.1, 0.15) is 0 Å². The Hall–Kier alpha value is -0.900. The summed E-state index contributed by atoms with van der Waals surface area (Å²) in [7, 11) is 1.99. The molecule has 1 aliphatic carbocycles. The lowest BCUT2D eigenvalue weighted by Gasteiger charge is -2.43. The normalized spacial score (nSPS) is 41.2. The molecule has 1 spiro atoms. The van der Waals surface area contributed by atoms with Crippen molar-refractivity contribution in [3.8, 4) is 0 Å². The summed E-state index contributed by atoms with van der Waals surface area (Å²) in [5.41, 5.74) is 0.0628. The van der Waals surface area contributed by atoms with Gasteiger partial charge >= 0.3 is 17.3 Å². The summed E-state index contributed by atoms with van der Waals surface area (Å²) in [6.07, 6.45) is 4.06. The first-order valence-electron chi connectivity index (χ1n) is 7.01. The minimum absolute atomic E-state index is 0.0709. The van der Waals surface area contributed by atoms with Crippen molar-refractivity contribution in [3.63, 3.8) is 0 Å². The molecule has 3 unspecified atom stereocenters. The molecule has 1 aliphatic heterocycles. The average Bonchev–Trinajstić information content (AvgIpc) is 2.45. The monoisotopic (exact) mass is 254 g/mol. The molecule has 4 nitrogen and oxygen atoms in total. The molecule has 3 atom stereocenters. The molecule has 0 radical (unpaired) electrons. The van der Waals surface area contributed by atoms with E-state index in [0.29, 0.717) is 16.1 Å². The Morgan fingerprint density at radius 3 is 2.61 bits per heavy atom. The fourth-order valence-corrected chi connectivity index (χ4v) is 3.95. The van der Waals surface area contributed by atoms with Crippen molar-refractivity contribution in [1.82, 2.24) is 0 Å². The first kappa shape index (κ1) is 13.5. The van der Waals surface area contributed by atoms with Crippen LogP contribution in [0.4, 0.5) is 0 Å². The second kappa shape index (κ2) is 4.05. The molecule has 0 saturated heterocycles. The van der Waals surface area contributed by atoms with Crippen LogP contribution in [0.5, 0.6) is 0 Å². The zero-order chi connectivity index (χ0) is 13.7. The van der Waals surface area contributed by atoms with Crippen LogP contribution < -0.4 is 0 Å². The van der Waals surface area contributed by atoms with Crippen molar-refractivity contribution < 1.29 is 19.2 Å². The van der Waals surface area contributed by atoms with Crippen LogP contribution in [0.1, 0.15) is 53.4 Å². The van der Waals surface area contributed by atoms with Crippen molar-refractivity contribution in [1.29, 1.82) is 0 Å². The van der Waals surface area contributed by atoms with Gasteiger partial charge in [0.25, 0.3) is 0 Å². The number of carbonyl (C=O) groups is 1. The van der Waals surface area contributed by atoms with E-state index in [1.165, 1.54) is 11.2 Å². The van der Waals surface area contributed by atoms with Gasteiger partial charge in [0.05, 0.1) is 25.9 Å². The van der Waals surface area contributed by atoms with E-state index in [1.807, 2.05) is 7.05 Å². The highest BCUT2D eigenvalue weighted by Crippen LogP contribution is 2.45. The number of nitrogens with zero attached hydrogens (tertiary/aromatic N) is 2. The largest absolute Gasteiger partial charge is 0.415 e. The van der Waals surface area contributed by atoms with Crippen molar-refractivity contribution in [2.75, 3.05) is 7.05 Å². The predicted molar refractivity (Wildman–Crippen MR) is 69.4 cm³/mol. The highest BCUT2D eigenvalue weighted by Gasteiger charge is 2.72. The fourth-order valence-electron chi connectivity index (χ4n) is 3.95. The van der Waals surface area contributed by atoms with Crippen LogP contribution in [0, 0.1) is 5.92 Å². The van der Waals surface area contributed by atoms with Crippen LogP contribution >= 0.6 is 0 Å². The van der Waals surface area contributed by atoms with Crippen molar-refractivity contribution >= 4 is 11.6 Å². The molecule has 2 rings (SSSR count). The van der Waals surface area contributed by atoms with E-state index in [0.717, 1.165) is 19.3 Å². The third-order valence-corrected chi connectivity index (χ3v) is 5.29. The van der Waals surface area contributed by atoms with Crippen LogP contribution in [-0.2, 0) is 4.79 Å². The van der Waals surface area contributed by atoms with E-state index in [-0.39, 0.29) is 11.9 Å². The van der Waals surface area contributed by atoms with E-state index >= 15 is 0 Å². The van der Waals surface area contributed by atoms with Crippen molar-refractivity contribution in [3.05, 3.63) is 0 Å². The number of hydroxylamine groups is 1. The molecule has 1 fully saturated rings. The summed E-state index contributed by atoms with van der Waals surface area (Å²) in [4.78, 5) is 12.6. The first-order valence-corrected chi connectivity index (χ1v) is 7.01. The molecule has 2 aliphatic rings. The summed E-state index contributed by atoms with van der Waals surface area (Å²) in [5, 5.41) is 10.5. The Morgan fingerprint density at radius 2 is 2.11 bits per heavy atom. The van der Waals surface area contributed by atoms with Gasteiger partial charge in [0, 0.05) is 11.7 Å². The maximum Gasteiger partial charge on any atom is 0.415 e. The Morgan fingerprint density at radius 1 is 1.50 bits per heavy atom. The topological polar surface area (TPSA) is 40.3 Å². The minimum atomic E-state index is -0.438. The predicted octanol–water partition coefficient (Wildman–Crippen LogP) is 2.15. The van der Waals surface area contributed by atoms with Gasteiger partial charge in [-0.25, -0.2) is 4.79 Å². The first-order chi connectivity index (χ1) is 8.27. The zero-order valence-electron chi connectivity index (χ0n) is 12.2. The highest BCUT2D eigenvalue weighted by atomic mass is 16.5. The molecule has 1 saturated carbocycles. The molecule has 1 amide bonds. The van der Waals surface area contributed by atoms with Gasteiger partial charge in [-0.15, -0.1) is 0 Å². The van der Waals surface area contributed by atoms with Crippen LogP contribution in [0.15, 0.2) is 0 Å². The molecule has 18 heavy (non-hydrogen) atoms. The molecule has 1 N–H and O–H groups in total. The smallest absolute Gasteiger partial charge is 0.284 e. The Kier molecular flexibility index (Phi) is 3.05. The highest BCUT2D eigenvalue weighted by molar-refractivity contribution is 6.33. The lowest BCUT2D eigenvalue weighted by Crippen LogP contribution is -2.69. The summed E-state index contributed by atoms with van der Waals surface area (Å²) < 4.78 is 1.62.